The molecular formula is C18H16FN3O2. The molecule has 0 saturated heterocycles. The van der Waals surface area contributed by atoms with Gasteiger partial charge in [-0.25, -0.2) is 9.37 Å². The molecule has 0 radical (unpaired) electrons. The molecule has 6 heteroatoms. The van der Waals surface area contributed by atoms with Crippen LogP contribution in [0.3, 0.4) is 0 Å². The highest BCUT2D eigenvalue weighted by atomic mass is 19.1. The van der Waals surface area contributed by atoms with Crippen LogP contribution < -0.4 is 5.32 Å². The van der Waals surface area contributed by atoms with Crippen LogP contribution in [-0.2, 0) is 13.0 Å². The average molecular weight is 325 g/mol. The first kappa shape index (κ1) is 14.7. The molecular weight excluding hydrogens is 309 g/mol. The molecule has 3 heterocycles. The van der Waals surface area contributed by atoms with Crippen LogP contribution in [-0.4, -0.2) is 21.5 Å². The zero-order chi connectivity index (χ0) is 16.5. The number of hydrogen-bond acceptors (Lipinski definition) is 3. The zero-order valence-electron chi connectivity index (χ0n) is 12.9. The molecule has 24 heavy (non-hydrogen) atoms. The second-order valence-corrected chi connectivity index (χ2v) is 5.85. The largest absolute Gasteiger partial charge is 0.451 e. The van der Waals surface area contributed by atoms with Crippen molar-refractivity contribution in [1.29, 1.82) is 0 Å². The normalized spacial score (nSPS) is 16.6. The number of carbonyl (C=O) groups is 1. The fraction of sp³-hybridized carbons (Fsp3) is 0.222. The Bertz CT molecular complexity index is 884. The SMILES string of the molecule is O=C(N[C@@H]1CCc2nccn2C1)c1ccc(-c2ccccc2F)o1. The minimum absolute atomic E-state index is 0.0289. The second-order valence-electron chi connectivity index (χ2n) is 5.85. The number of furan rings is 1. The smallest absolute Gasteiger partial charge is 0.287 e. The fourth-order valence-corrected chi connectivity index (χ4v) is 3.01. The number of hydrogen-bond donors (Lipinski definition) is 1. The lowest BCUT2D eigenvalue weighted by atomic mass is 10.1. The van der Waals surface area contributed by atoms with Gasteiger partial charge in [-0.3, -0.25) is 4.79 Å². The Morgan fingerprint density at radius 3 is 3.04 bits per heavy atom. The maximum atomic E-state index is 13.8. The Morgan fingerprint density at radius 1 is 1.29 bits per heavy atom. The predicted molar refractivity (Wildman–Crippen MR) is 85.9 cm³/mol. The summed E-state index contributed by atoms with van der Waals surface area (Å²) in [6, 6.07) is 9.54. The van der Waals surface area contributed by atoms with E-state index >= 15 is 0 Å². The van der Waals surface area contributed by atoms with Gasteiger partial charge in [-0.2, -0.15) is 0 Å². The van der Waals surface area contributed by atoms with Gasteiger partial charge in [0, 0.05) is 31.4 Å². The van der Waals surface area contributed by atoms with Gasteiger partial charge < -0.3 is 14.3 Å². The van der Waals surface area contributed by atoms with Crippen LogP contribution in [0, 0.1) is 5.82 Å². The molecule has 0 aliphatic carbocycles. The first-order chi connectivity index (χ1) is 11.7. The van der Waals surface area contributed by atoms with Crippen molar-refractivity contribution in [2.75, 3.05) is 0 Å². The minimum atomic E-state index is -0.376. The highest BCUT2D eigenvalue weighted by molar-refractivity contribution is 5.92. The monoisotopic (exact) mass is 325 g/mol. The van der Waals surface area contributed by atoms with Gasteiger partial charge in [0.05, 0.1) is 5.56 Å². The van der Waals surface area contributed by atoms with E-state index in [1.807, 2.05) is 10.8 Å². The van der Waals surface area contributed by atoms with E-state index in [4.69, 9.17) is 4.42 Å². The molecule has 5 nitrogen and oxygen atoms in total. The summed E-state index contributed by atoms with van der Waals surface area (Å²) < 4.78 is 21.4. The van der Waals surface area contributed by atoms with Gasteiger partial charge in [0.2, 0.25) is 0 Å². The van der Waals surface area contributed by atoms with Crippen molar-refractivity contribution in [1.82, 2.24) is 14.9 Å². The number of nitrogens with zero attached hydrogens (tertiary/aromatic N) is 2. The van der Waals surface area contributed by atoms with Crippen molar-refractivity contribution >= 4 is 5.91 Å². The van der Waals surface area contributed by atoms with Crippen LogP contribution in [0.4, 0.5) is 4.39 Å². The van der Waals surface area contributed by atoms with Gasteiger partial charge in [-0.15, -0.1) is 0 Å². The van der Waals surface area contributed by atoms with Crippen molar-refractivity contribution < 1.29 is 13.6 Å². The molecule has 1 aliphatic rings. The standard InChI is InChI=1S/C18H16FN3O2/c19-14-4-2-1-3-13(14)15-6-7-16(24-15)18(23)21-12-5-8-17-20-9-10-22(17)11-12/h1-4,6-7,9-10,12H,5,8,11H2,(H,21,23)/t12-/m1/s1. The van der Waals surface area contributed by atoms with Crippen LogP contribution in [0.1, 0.15) is 22.8 Å². The predicted octanol–water partition coefficient (Wildman–Crippen LogP) is 3.03. The first-order valence-corrected chi connectivity index (χ1v) is 7.86. The lowest BCUT2D eigenvalue weighted by molar-refractivity contribution is 0.0900. The minimum Gasteiger partial charge on any atom is -0.451 e. The average Bonchev–Trinajstić information content (AvgIpc) is 3.24. The number of amides is 1. The molecule has 4 rings (SSSR count). The van der Waals surface area contributed by atoms with E-state index < -0.39 is 0 Å². The molecule has 0 saturated carbocycles. The number of aryl methyl sites for hydroxylation is 1. The van der Waals surface area contributed by atoms with E-state index in [1.54, 1.807) is 36.5 Å². The Morgan fingerprint density at radius 2 is 2.17 bits per heavy atom. The zero-order valence-corrected chi connectivity index (χ0v) is 12.9. The van der Waals surface area contributed by atoms with Crippen molar-refractivity contribution in [3.63, 3.8) is 0 Å². The summed E-state index contributed by atoms with van der Waals surface area (Å²) in [6.45, 7) is 0.696. The fourth-order valence-electron chi connectivity index (χ4n) is 3.01. The van der Waals surface area contributed by atoms with Crippen LogP contribution >= 0.6 is 0 Å². The van der Waals surface area contributed by atoms with Crippen molar-refractivity contribution in [2.24, 2.45) is 0 Å². The molecule has 0 bridgehead atoms. The summed E-state index contributed by atoms with van der Waals surface area (Å²) in [4.78, 5) is 16.6. The van der Waals surface area contributed by atoms with Gasteiger partial charge >= 0.3 is 0 Å². The molecule has 3 aromatic rings. The highest BCUT2D eigenvalue weighted by Gasteiger charge is 2.22. The number of imidazole rings is 1. The lowest BCUT2D eigenvalue weighted by Crippen LogP contribution is -2.40. The van der Waals surface area contributed by atoms with Crippen LogP contribution in [0.5, 0.6) is 0 Å². The van der Waals surface area contributed by atoms with Crippen LogP contribution in [0.25, 0.3) is 11.3 Å². The Labute approximate surface area is 138 Å². The molecule has 1 aliphatic heterocycles. The molecule has 122 valence electrons. The number of aromatic nitrogens is 2. The molecule has 0 spiro atoms. The van der Waals surface area contributed by atoms with Gasteiger partial charge in [0.15, 0.2) is 5.76 Å². The number of benzene rings is 1. The first-order valence-electron chi connectivity index (χ1n) is 7.86. The Hall–Kier alpha value is -2.89. The van der Waals surface area contributed by atoms with E-state index in [2.05, 4.69) is 10.3 Å². The number of nitrogens with one attached hydrogen (secondary N) is 1. The number of rotatable bonds is 3. The van der Waals surface area contributed by atoms with E-state index in [0.717, 1.165) is 18.7 Å². The maximum Gasteiger partial charge on any atom is 0.287 e. The Kier molecular flexibility index (Phi) is 3.65. The summed E-state index contributed by atoms with van der Waals surface area (Å²) in [6.07, 6.45) is 5.35. The summed E-state index contributed by atoms with van der Waals surface area (Å²) >= 11 is 0. The van der Waals surface area contributed by atoms with E-state index in [-0.39, 0.29) is 23.5 Å². The molecule has 2 aromatic heterocycles. The summed E-state index contributed by atoms with van der Waals surface area (Å²) in [5.41, 5.74) is 0.345. The number of fused-ring (bicyclic) bond motifs is 1. The second kappa shape index (κ2) is 5.96. The van der Waals surface area contributed by atoms with Crippen LogP contribution in [0.15, 0.2) is 53.2 Å². The Balaban J connectivity index is 1.47. The maximum absolute atomic E-state index is 13.8. The third kappa shape index (κ3) is 2.71. The summed E-state index contributed by atoms with van der Waals surface area (Å²) in [5.74, 6) is 0.911. The number of carbonyl (C=O) groups excluding carboxylic acids is 1. The van der Waals surface area contributed by atoms with Crippen molar-refractivity contribution in [2.45, 2.75) is 25.4 Å². The van der Waals surface area contributed by atoms with Crippen LogP contribution in [0.2, 0.25) is 0 Å². The lowest BCUT2D eigenvalue weighted by Gasteiger charge is -2.24. The van der Waals surface area contributed by atoms with E-state index in [0.29, 0.717) is 17.9 Å². The van der Waals surface area contributed by atoms with Crippen molar-refractivity contribution in [3.05, 3.63) is 66.2 Å². The van der Waals surface area contributed by atoms with Gasteiger partial charge in [-0.05, 0) is 30.7 Å². The highest BCUT2D eigenvalue weighted by Crippen LogP contribution is 2.25. The molecule has 0 unspecified atom stereocenters. The molecule has 1 atom stereocenters. The molecule has 0 fully saturated rings. The molecule has 1 amide bonds. The number of halogens is 1. The third-order valence-corrected chi connectivity index (χ3v) is 4.24. The summed E-state index contributed by atoms with van der Waals surface area (Å²) in [7, 11) is 0. The van der Waals surface area contributed by atoms with Gasteiger partial charge in [-0.1, -0.05) is 12.1 Å². The van der Waals surface area contributed by atoms with Crippen molar-refractivity contribution in [3.8, 4) is 11.3 Å². The molecule has 1 N–H and O–H groups in total. The third-order valence-electron chi connectivity index (χ3n) is 4.24. The molecule has 1 aromatic carbocycles. The quantitative estimate of drug-likeness (QED) is 0.805. The van der Waals surface area contributed by atoms with E-state index in [9.17, 15) is 9.18 Å². The topological polar surface area (TPSA) is 60.1 Å². The summed E-state index contributed by atoms with van der Waals surface area (Å²) in [5, 5.41) is 2.97. The van der Waals surface area contributed by atoms with Gasteiger partial charge in [0.25, 0.3) is 5.91 Å². The van der Waals surface area contributed by atoms with Gasteiger partial charge in [0.1, 0.15) is 17.4 Å². The van der Waals surface area contributed by atoms with E-state index in [1.165, 1.54) is 6.07 Å².